The second-order valence-corrected chi connectivity index (χ2v) is 8.68. The van der Waals surface area contributed by atoms with Crippen LogP contribution in [0.15, 0.2) is 47.8 Å². The Kier molecular flexibility index (Phi) is 5.85. The average Bonchev–Trinajstić information content (AvgIpc) is 3.17. The van der Waals surface area contributed by atoms with Crippen molar-refractivity contribution < 1.29 is 17.9 Å². The van der Waals surface area contributed by atoms with Gasteiger partial charge < -0.3 is 10.1 Å². The summed E-state index contributed by atoms with van der Waals surface area (Å²) < 4.78 is 30.2. The van der Waals surface area contributed by atoms with Crippen LogP contribution in [0.4, 0.5) is 0 Å². The summed E-state index contributed by atoms with van der Waals surface area (Å²) in [6.07, 6.45) is 3.95. The van der Waals surface area contributed by atoms with Crippen molar-refractivity contribution in [1.29, 1.82) is 0 Å². The Balaban J connectivity index is 1.84. The first-order chi connectivity index (χ1) is 13.7. The zero-order valence-corrected chi connectivity index (χ0v) is 17.4. The van der Waals surface area contributed by atoms with Crippen LogP contribution in [-0.2, 0) is 9.84 Å². The Morgan fingerprint density at radius 1 is 1.24 bits per heavy atom. The van der Waals surface area contributed by atoms with Crippen LogP contribution < -0.4 is 10.1 Å². The highest BCUT2D eigenvalue weighted by Gasteiger charge is 2.20. The van der Waals surface area contributed by atoms with Gasteiger partial charge in [-0.05, 0) is 37.3 Å². The van der Waals surface area contributed by atoms with E-state index < -0.39 is 21.8 Å². The monoisotopic (exact) mass is 435 g/mol. The van der Waals surface area contributed by atoms with Crippen molar-refractivity contribution in [3.8, 4) is 11.6 Å². The fourth-order valence-electron chi connectivity index (χ4n) is 2.59. The van der Waals surface area contributed by atoms with Crippen LogP contribution in [0.1, 0.15) is 29.1 Å². The summed E-state index contributed by atoms with van der Waals surface area (Å²) in [5.74, 6) is 1.05. The number of carbonyl (C=O) groups is 1. The average molecular weight is 436 g/mol. The molecule has 3 rings (SSSR count). The first-order valence-corrected chi connectivity index (χ1v) is 10.7. The predicted octanol–water partition coefficient (Wildman–Crippen LogP) is 2.22. The molecule has 29 heavy (non-hydrogen) atoms. The van der Waals surface area contributed by atoms with Crippen molar-refractivity contribution >= 4 is 27.3 Å². The van der Waals surface area contributed by atoms with Gasteiger partial charge in [0.2, 0.25) is 0 Å². The van der Waals surface area contributed by atoms with Crippen LogP contribution >= 0.6 is 11.6 Å². The number of hydrogen-bond acceptors (Lipinski definition) is 7. The molecule has 0 radical (unpaired) electrons. The maximum atomic E-state index is 12.7. The molecule has 0 spiro atoms. The summed E-state index contributed by atoms with van der Waals surface area (Å²) in [5, 5.41) is 7.07. The predicted molar refractivity (Wildman–Crippen MR) is 106 cm³/mol. The Morgan fingerprint density at radius 2 is 2.00 bits per heavy atom. The third-order valence-corrected chi connectivity index (χ3v) is 5.35. The zero-order chi connectivity index (χ0) is 21.2. The summed E-state index contributed by atoms with van der Waals surface area (Å²) in [6, 6.07) is 6.86. The minimum absolute atomic E-state index is 0.0339. The van der Waals surface area contributed by atoms with Gasteiger partial charge in [-0.15, -0.1) is 0 Å². The van der Waals surface area contributed by atoms with E-state index in [1.165, 1.54) is 29.2 Å². The van der Waals surface area contributed by atoms with Gasteiger partial charge in [0, 0.05) is 16.8 Å². The number of nitrogens with zero attached hydrogens (tertiary/aromatic N) is 4. The largest absolute Gasteiger partial charge is 0.495 e. The lowest BCUT2D eigenvalue weighted by Crippen LogP contribution is -2.29. The molecule has 9 nitrogen and oxygen atoms in total. The van der Waals surface area contributed by atoms with E-state index in [1.54, 1.807) is 32.4 Å². The Bertz CT molecular complexity index is 1150. The molecule has 152 valence electrons. The Hall–Kier alpha value is -2.98. The Labute approximate surface area is 172 Å². The number of nitrogens with one attached hydrogen (secondary N) is 1. The van der Waals surface area contributed by atoms with Crippen LogP contribution in [0, 0.1) is 0 Å². The first kappa shape index (κ1) is 20.7. The van der Waals surface area contributed by atoms with E-state index in [0.29, 0.717) is 17.4 Å². The molecule has 11 heteroatoms. The highest BCUT2D eigenvalue weighted by Crippen LogP contribution is 2.21. The van der Waals surface area contributed by atoms with E-state index in [4.69, 9.17) is 16.3 Å². The van der Waals surface area contributed by atoms with Crippen molar-refractivity contribution in [2.24, 2.45) is 0 Å². The summed E-state index contributed by atoms with van der Waals surface area (Å²) in [4.78, 5) is 21.1. The molecule has 0 bridgehead atoms. The highest BCUT2D eigenvalue weighted by atomic mass is 35.5. The number of hydrogen-bond donors (Lipinski definition) is 1. The van der Waals surface area contributed by atoms with Crippen molar-refractivity contribution in [2.75, 3.05) is 13.4 Å². The van der Waals surface area contributed by atoms with Crippen LogP contribution in [0.5, 0.6) is 5.75 Å². The molecule has 1 N–H and O–H groups in total. The number of pyridine rings is 1. The van der Waals surface area contributed by atoms with Gasteiger partial charge in [0.15, 0.2) is 21.5 Å². The third kappa shape index (κ3) is 4.72. The number of amides is 1. The quantitative estimate of drug-likeness (QED) is 0.630. The molecule has 0 fully saturated rings. The second kappa shape index (κ2) is 8.18. The number of carbonyl (C=O) groups excluding carboxylic acids is 1. The zero-order valence-electron chi connectivity index (χ0n) is 15.8. The third-order valence-electron chi connectivity index (χ3n) is 4.04. The smallest absolute Gasteiger partial charge is 0.251 e. The summed E-state index contributed by atoms with van der Waals surface area (Å²) in [6.45, 7) is 1.73. The van der Waals surface area contributed by atoms with Crippen molar-refractivity contribution in [3.05, 3.63) is 59.3 Å². The van der Waals surface area contributed by atoms with Crippen molar-refractivity contribution in [3.63, 3.8) is 0 Å². The van der Waals surface area contributed by atoms with Gasteiger partial charge >= 0.3 is 0 Å². The highest BCUT2D eigenvalue weighted by molar-refractivity contribution is 7.90. The van der Waals surface area contributed by atoms with E-state index >= 15 is 0 Å². The number of halogens is 1. The fraction of sp³-hybridized carbons (Fsp3) is 0.222. The van der Waals surface area contributed by atoms with Gasteiger partial charge in [-0.3, -0.25) is 4.79 Å². The van der Waals surface area contributed by atoms with Crippen molar-refractivity contribution in [2.45, 2.75) is 17.9 Å². The summed E-state index contributed by atoms with van der Waals surface area (Å²) in [5.41, 5.74) is 0.124. The number of methoxy groups -OCH3 is 1. The van der Waals surface area contributed by atoms with E-state index in [9.17, 15) is 13.2 Å². The molecule has 2 heterocycles. The number of rotatable bonds is 6. The van der Waals surface area contributed by atoms with E-state index in [-0.39, 0.29) is 15.5 Å². The van der Waals surface area contributed by atoms with Crippen molar-refractivity contribution in [1.82, 2.24) is 25.1 Å². The molecule has 1 aromatic carbocycles. The number of ether oxygens (including phenoxy) is 1. The maximum absolute atomic E-state index is 12.7. The molecular formula is C18H18ClN5O4S. The molecule has 0 aliphatic rings. The lowest BCUT2D eigenvalue weighted by atomic mass is 10.2. The standard InChI is InChI=1S/C18H18ClN5O4S/c1-11(17-21-10-22-24(17)16-5-4-14(28-2)9-20-16)23-18(25)12-6-13(19)8-15(7-12)29(3,26)27/h4-11H,1-3H3,(H,23,25)/t11-/m1/s1. The van der Waals surface area contributed by atoms with Crippen LogP contribution in [-0.4, -0.2) is 47.4 Å². The maximum Gasteiger partial charge on any atom is 0.251 e. The lowest BCUT2D eigenvalue weighted by Gasteiger charge is -2.15. The van der Waals surface area contributed by atoms with Crippen LogP contribution in [0.3, 0.4) is 0 Å². The molecule has 1 atom stereocenters. The minimum atomic E-state index is -3.51. The summed E-state index contributed by atoms with van der Waals surface area (Å²) >= 11 is 5.98. The van der Waals surface area contributed by atoms with E-state index in [0.717, 1.165) is 6.26 Å². The lowest BCUT2D eigenvalue weighted by molar-refractivity contribution is 0.0937. The second-order valence-electron chi connectivity index (χ2n) is 6.23. The summed E-state index contributed by atoms with van der Waals surface area (Å²) in [7, 11) is -1.97. The van der Waals surface area contributed by atoms with Gasteiger partial charge in [-0.2, -0.15) is 9.78 Å². The molecule has 0 unspecified atom stereocenters. The van der Waals surface area contributed by atoms with Gasteiger partial charge in [0.25, 0.3) is 5.91 Å². The SMILES string of the molecule is COc1ccc(-n2ncnc2[C@@H](C)NC(=O)c2cc(Cl)cc(S(C)(=O)=O)c2)nc1. The van der Waals surface area contributed by atoms with Gasteiger partial charge in [0.05, 0.1) is 24.2 Å². The van der Waals surface area contributed by atoms with E-state index in [2.05, 4.69) is 20.4 Å². The van der Waals surface area contributed by atoms with Gasteiger partial charge in [-0.25, -0.2) is 18.4 Å². The fourth-order valence-corrected chi connectivity index (χ4v) is 3.58. The number of sulfone groups is 1. The topological polar surface area (TPSA) is 116 Å². The first-order valence-electron chi connectivity index (χ1n) is 8.41. The van der Waals surface area contributed by atoms with E-state index in [1.807, 2.05) is 0 Å². The minimum Gasteiger partial charge on any atom is -0.495 e. The molecule has 0 aliphatic heterocycles. The molecule has 0 saturated carbocycles. The van der Waals surface area contributed by atoms with Crippen LogP contribution in [0.25, 0.3) is 5.82 Å². The molecule has 0 saturated heterocycles. The number of aromatic nitrogens is 4. The molecule has 0 aliphatic carbocycles. The van der Waals surface area contributed by atoms with Gasteiger partial charge in [0.1, 0.15) is 12.1 Å². The Morgan fingerprint density at radius 3 is 2.62 bits per heavy atom. The molecule has 1 amide bonds. The normalized spacial score (nSPS) is 12.4. The van der Waals surface area contributed by atoms with Crippen LogP contribution in [0.2, 0.25) is 5.02 Å². The van der Waals surface area contributed by atoms with Gasteiger partial charge in [-0.1, -0.05) is 11.6 Å². The molecule has 3 aromatic rings. The molecule has 2 aromatic heterocycles. The number of benzene rings is 1. The molecular weight excluding hydrogens is 418 g/mol.